The summed E-state index contributed by atoms with van der Waals surface area (Å²) in [4.78, 5) is 0. The number of rotatable bonds is 2. The van der Waals surface area contributed by atoms with Gasteiger partial charge in [-0.1, -0.05) is 59.6 Å². The summed E-state index contributed by atoms with van der Waals surface area (Å²) < 4.78 is 0. The highest BCUT2D eigenvalue weighted by Crippen LogP contribution is 2.52. The topological polar surface area (TPSA) is 0 Å². The van der Waals surface area contributed by atoms with Crippen molar-refractivity contribution in [3.63, 3.8) is 0 Å². The van der Waals surface area contributed by atoms with Crippen LogP contribution in [0.25, 0.3) is 0 Å². The minimum absolute atomic E-state index is 0.435. The molecule has 116 valence electrons. The molecule has 0 spiro atoms. The Morgan fingerprint density at radius 3 is 2.40 bits per heavy atom. The van der Waals surface area contributed by atoms with Gasteiger partial charge < -0.3 is 0 Å². The third-order valence-electron chi connectivity index (χ3n) is 6.97. The smallest absolute Gasteiger partial charge is 0.00927 e. The molecule has 2 aliphatic carbocycles. The molecule has 3 unspecified atom stereocenters. The molecule has 0 radical (unpaired) electrons. The van der Waals surface area contributed by atoms with Gasteiger partial charge in [0.2, 0.25) is 0 Å². The van der Waals surface area contributed by atoms with Gasteiger partial charge in [0.1, 0.15) is 0 Å². The van der Waals surface area contributed by atoms with Gasteiger partial charge in [-0.05, 0) is 67.1 Å². The van der Waals surface area contributed by atoms with E-state index in [0.29, 0.717) is 10.8 Å². The first-order valence-electron chi connectivity index (χ1n) is 8.96. The first kappa shape index (κ1) is 16.1. The van der Waals surface area contributed by atoms with Crippen molar-refractivity contribution in [2.24, 2.45) is 28.6 Å². The first-order chi connectivity index (χ1) is 9.25. The van der Waals surface area contributed by atoms with Crippen LogP contribution in [-0.2, 0) is 0 Å². The van der Waals surface area contributed by atoms with Crippen molar-refractivity contribution in [2.45, 2.75) is 86.5 Å². The van der Waals surface area contributed by atoms with E-state index in [1.54, 1.807) is 5.57 Å². The van der Waals surface area contributed by atoms with Crippen LogP contribution in [0.15, 0.2) is 11.6 Å². The maximum Gasteiger partial charge on any atom is -0.00927 e. The van der Waals surface area contributed by atoms with Crippen LogP contribution in [0, 0.1) is 28.6 Å². The lowest BCUT2D eigenvalue weighted by molar-refractivity contribution is 0.0936. The van der Waals surface area contributed by atoms with Crippen molar-refractivity contribution in [1.82, 2.24) is 0 Å². The number of allylic oxidation sites excluding steroid dienone is 2. The van der Waals surface area contributed by atoms with Crippen LogP contribution in [0.5, 0.6) is 0 Å². The lowest BCUT2D eigenvalue weighted by Crippen LogP contribution is -2.36. The molecule has 2 bridgehead atoms. The van der Waals surface area contributed by atoms with Crippen LogP contribution in [-0.4, -0.2) is 0 Å². The second kappa shape index (κ2) is 5.85. The van der Waals surface area contributed by atoms with Gasteiger partial charge in [-0.15, -0.1) is 0 Å². The molecule has 3 atom stereocenters. The van der Waals surface area contributed by atoms with E-state index in [2.05, 4.69) is 47.6 Å². The van der Waals surface area contributed by atoms with Gasteiger partial charge in [0.05, 0.1) is 0 Å². The van der Waals surface area contributed by atoms with Crippen molar-refractivity contribution in [3.05, 3.63) is 11.6 Å². The molecule has 0 heterocycles. The number of hydrogen-bond acceptors (Lipinski definition) is 0. The Balaban J connectivity index is 2.29. The fourth-order valence-electron chi connectivity index (χ4n) is 4.40. The molecule has 0 amide bonds. The van der Waals surface area contributed by atoms with Crippen molar-refractivity contribution in [2.75, 3.05) is 0 Å². The highest BCUT2D eigenvalue weighted by Gasteiger charge is 2.41. The van der Waals surface area contributed by atoms with Crippen LogP contribution in [0.4, 0.5) is 0 Å². The summed E-state index contributed by atoms with van der Waals surface area (Å²) in [7, 11) is 0. The van der Waals surface area contributed by atoms with Crippen molar-refractivity contribution < 1.29 is 0 Å². The van der Waals surface area contributed by atoms with Gasteiger partial charge in [0.15, 0.2) is 0 Å². The second-order valence-corrected chi connectivity index (χ2v) is 8.92. The summed E-state index contributed by atoms with van der Waals surface area (Å²) in [5, 5.41) is 0. The summed E-state index contributed by atoms with van der Waals surface area (Å²) in [5.74, 6) is 2.59. The lowest BCUT2D eigenvalue weighted by atomic mass is 9.59. The summed E-state index contributed by atoms with van der Waals surface area (Å²) in [6.07, 6.45) is 12.5. The summed E-state index contributed by atoms with van der Waals surface area (Å²) >= 11 is 0. The molecule has 0 heteroatoms. The molecule has 0 saturated carbocycles. The van der Waals surface area contributed by atoms with Gasteiger partial charge in [0, 0.05) is 0 Å². The lowest BCUT2D eigenvalue weighted by Gasteiger charge is -2.46. The van der Waals surface area contributed by atoms with Crippen LogP contribution in [0.3, 0.4) is 0 Å². The molecule has 0 saturated heterocycles. The number of fused-ring (bicyclic) bond motifs is 1. The van der Waals surface area contributed by atoms with E-state index >= 15 is 0 Å². The van der Waals surface area contributed by atoms with E-state index < -0.39 is 0 Å². The van der Waals surface area contributed by atoms with Crippen molar-refractivity contribution in [3.8, 4) is 0 Å². The van der Waals surface area contributed by atoms with E-state index in [9.17, 15) is 0 Å². The third-order valence-corrected chi connectivity index (χ3v) is 6.97. The summed E-state index contributed by atoms with van der Waals surface area (Å²) in [6.45, 7) is 14.9. The average molecular weight is 277 g/mol. The average Bonchev–Trinajstić information content (AvgIpc) is 2.56. The van der Waals surface area contributed by atoms with Gasteiger partial charge >= 0.3 is 0 Å². The second-order valence-electron chi connectivity index (χ2n) is 8.92. The Labute approximate surface area is 127 Å². The maximum absolute atomic E-state index is 2.72. The van der Waals surface area contributed by atoms with Gasteiger partial charge in [-0.25, -0.2) is 0 Å². The maximum atomic E-state index is 2.72. The van der Waals surface area contributed by atoms with E-state index in [4.69, 9.17) is 0 Å². The molecule has 2 rings (SSSR count). The Morgan fingerprint density at radius 2 is 1.75 bits per heavy atom. The molecular formula is C20H36. The van der Waals surface area contributed by atoms with Crippen LogP contribution >= 0.6 is 0 Å². The molecule has 0 nitrogen and oxygen atoms in total. The Hall–Kier alpha value is -0.260. The van der Waals surface area contributed by atoms with Gasteiger partial charge in [0.25, 0.3) is 0 Å². The third kappa shape index (κ3) is 3.15. The normalized spacial score (nSPS) is 35.8. The molecule has 0 aliphatic heterocycles. The largest absolute Gasteiger partial charge is 0.0788 e. The highest BCUT2D eigenvalue weighted by atomic mass is 14.5. The number of hydrogen-bond donors (Lipinski definition) is 0. The minimum Gasteiger partial charge on any atom is -0.0788 e. The van der Waals surface area contributed by atoms with Crippen LogP contribution < -0.4 is 0 Å². The van der Waals surface area contributed by atoms with Crippen molar-refractivity contribution >= 4 is 0 Å². The molecule has 0 aromatic carbocycles. The fraction of sp³-hybridized carbons (Fsp3) is 0.900. The molecule has 0 aromatic heterocycles. The predicted molar refractivity (Wildman–Crippen MR) is 89.8 cm³/mol. The molecule has 0 aromatic rings. The highest BCUT2D eigenvalue weighted by molar-refractivity contribution is 5.16. The van der Waals surface area contributed by atoms with Crippen LogP contribution in [0.2, 0.25) is 0 Å². The summed E-state index contributed by atoms with van der Waals surface area (Å²) in [6, 6.07) is 0. The minimum atomic E-state index is 0.435. The SMILES string of the molecule is CC(C)C(C)C1CCC(C)(C)C2(C)C=C(CCCC2)C1. The van der Waals surface area contributed by atoms with Gasteiger partial charge in [-0.2, -0.15) is 0 Å². The monoisotopic (exact) mass is 276 g/mol. The molecular weight excluding hydrogens is 240 g/mol. The van der Waals surface area contributed by atoms with Crippen LogP contribution in [0.1, 0.15) is 86.5 Å². The van der Waals surface area contributed by atoms with Crippen molar-refractivity contribution in [1.29, 1.82) is 0 Å². The summed E-state index contributed by atoms with van der Waals surface area (Å²) in [5.41, 5.74) is 2.68. The van der Waals surface area contributed by atoms with E-state index in [1.165, 1.54) is 44.9 Å². The van der Waals surface area contributed by atoms with E-state index in [0.717, 1.165) is 17.8 Å². The Morgan fingerprint density at radius 1 is 1.05 bits per heavy atom. The van der Waals surface area contributed by atoms with E-state index in [1.807, 2.05) is 0 Å². The zero-order valence-corrected chi connectivity index (χ0v) is 14.8. The molecule has 0 N–H and O–H groups in total. The zero-order valence-electron chi connectivity index (χ0n) is 14.8. The zero-order chi connectivity index (χ0) is 15.0. The van der Waals surface area contributed by atoms with E-state index in [-0.39, 0.29) is 0 Å². The fourth-order valence-corrected chi connectivity index (χ4v) is 4.40. The molecule has 2 aliphatic rings. The molecule has 20 heavy (non-hydrogen) atoms. The molecule has 0 fully saturated rings. The standard InChI is InChI=1S/C20H36/c1-15(2)16(3)18-10-12-19(4,5)20(6)11-8-7-9-17(13-18)14-20/h14-16,18H,7-13H2,1-6H3. The first-order valence-corrected chi connectivity index (χ1v) is 8.96. The quantitative estimate of drug-likeness (QED) is 0.498. The Bertz CT molecular complexity index is 360. The Kier molecular flexibility index (Phi) is 4.72. The van der Waals surface area contributed by atoms with Gasteiger partial charge in [-0.3, -0.25) is 0 Å². The predicted octanol–water partition coefficient (Wildman–Crippen LogP) is 6.61.